The Kier molecular flexibility index (Phi) is 4.06. The van der Waals surface area contributed by atoms with Crippen molar-refractivity contribution in [2.75, 3.05) is 5.32 Å². The molecule has 0 radical (unpaired) electrons. The van der Waals surface area contributed by atoms with E-state index >= 15 is 0 Å². The second-order valence-electron chi connectivity index (χ2n) is 4.01. The van der Waals surface area contributed by atoms with Gasteiger partial charge in [0.2, 0.25) is 0 Å². The van der Waals surface area contributed by atoms with Crippen LogP contribution in [0.25, 0.3) is 0 Å². The Bertz CT molecular complexity index is 623. The predicted molar refractivity (Wildman–Crippen MR) is 74.6 cm³/mol. The van der Waals surface area contributed by atoms with Crippen LogP contribution in [0.15, 0.2) is 35.3 Å². The van der Waals surface area contributed by atoms with Crippen molar-refractivity contribution in [3.05, 3.63) is 51.4 Å². The van der Waals surface area contributed by atoms with Gasteiger partial charge in [0.15, 0.2) is 0 Å². The summed E-state index contributed by atoms with van der Waals surface area (Å²) >= 11 is 5.99. The number of aryl methyl sites for hydroxylation is 1. The summed E-state index contributed by atoms with van der Waals surface area (Å²) in [6, 6.07) is 6.78. The van der Waals surface area contributed by atoms with Crippen LogP contribution in [-0.2, 0) is 13.1 Å². The molecule has 0 atom stereocenters. The summed E-state index contributed by atoms with van der Waals surface area (Å²) in [6.45, 7) is 2.81. The number of phenolic OH excluding ortho intramolecular Hbond substituents is 1. The van der Waals surface area contributed by atoms with Crippen LogP contribution in [0.3, 0.4) is 0 Å². The molecule has 5 nitrogen and oxygen atoms in total. The van der Waals surface area contributed by atoms with Crippen LogP contribution in [0.1, 0.15) is 12.5 Å². The van der Waals surface area contributed by atoms with Crippen LogP contribution >= 0.6 is 11.6 Å². The molecule has 0 aliphatic rings. The Morgan fingerprint density at radius 3 is 2.68 bits per heavy atom. The van der Waals surface area contributed by atoms with E-state index in [4.69, 9.17) is 11.6 Å². The number of hydrogen-bond donors (Lipinski definition) is 2. The molecule has 1 heterocycles. The highest BCUT2D eigenvalue weighted by Gasteiger charge is 2.07. The van der Waals surface area contributed by atoms with Crippen molar-refractivity contribution in [3.63, 3.8) is 0 Å². The van der Waals surface area contributed by atoms with Gasteiger partial charge in [-0.05, 0) is 24.6 Å². The van der Waals surface area contributed by atoms with Gasteiger partial charge in [0.1, 0.15) is 10.8 Å². The molecule has 6 heteroatoms. The number of benzene rings is 1. The number of phenols is 1. The number of hydrogen-bond acceptors (Lipinski definition) is 4. The van der Waals surface area contributed by atoms with Gasteiger partial charge in [0.05, 0.1) is 11.9 Å². The SMILES string of the molecule is CCn1ncc(NCc2ccc(O)cc2)c(Cl)c1=O. The van der Waals surface area contributed by atoms with Crippen molar-refractivity contribution in [1.29, 1.82) is 0 Å². The smallest absolute Gasteiger partial charge is 0.287 e. The highest BCUT2D eigenvalue weighted by molar-refractivity contribution is 6.32. The van der Waals surface area contributed by atoms with Gasteiger partial charge in [0, 0.05) is 13.1 Å². The molecule has 0 amide bonds. The Labute approximate surface area is 115 Å². The Balaban J connectivity index is 2.14. The number of nitrogens with zero attached hydrogens (tertiary/aromatic N) is 2. The first kappa shape index (κ1) is 13.4. The molecule has 0 aliphatic carbocycles. The minimum Gasteiger partial charge on any atom is -0.508 e. The van der Waals surface area contributed by atoms with E-state index < -0.39 is 0 Å². The van der Waals surface area contributed by atoms with Gasteiger partial charge in [-0.3, -0.25) is 4.79 Å². The van der Waals surface area contributed by atoms with Gasteiger partial charge < -0.3 is 10.4 Å². The summed E-state index contributed by atoms with van der Waals surface area (Å²) in [5.74, 6) is 0.217. The molecule has 100 valence electrons. The van der Waals surface area contributed by atoms with Gasteiger partial charge in [-0.25, -0.2) is 4.68 Å². The second-order valence-corrected chi connectivity index (χ2v) is 4.39. The van der Waals surface area contributed by atoms with Crippen molar-refractivity contribution in [3.8, 4) is 5.75 Å². The Hall–Kier alpha value is -2.01. The van der Waals surface area contributed by atoms with E-state index in [0.717, 1.165) is 5.56 Å². The Morgan fingerprint density at radius 2 is 2.05 bits per heavy atom. The first-order valence-corrected chi connectivity index (χ1v) is 6.27. The quantitative estimate of drug-likeness (QED) is 0.901. The van der Waals surface area contributed by atoms with Gasteiger partial charge in [-0.15, -0.1) is 0 Å². The van der Waals surface area contributed by atoms with Crippen molar-refractivity contribution in [2.24, 2.45) is 0 Å². The lowest BCUT2D eigenvalue weighted by atomic mass is 10.2. The molecule has 2 aromatic rings. The van der Waals surface area contributed by atoms with E-state index in [1.807, 2.05) is 6.92 Å². The second kappa shape index (κ2) is 5.75. The fourth-order valence-corrected chi connectivity index (χ4v) is 1.84. The van der Waals surface area contributed by atoms with Crippen LogP contribution in [0.2, 0.25) is 5.02 Å². The van der Waals surface area contributed by atoms with Crippen LogP contribution in [-0.4, -0.2) is 14.9 Å². The number of anilines is 1. The maximum Gasteiger partial charge on any atom is 0.287 e. The monoisotopic (exact) mass is 279 g/mol. The Morgan fingerprint density at radius 1 is 1.37 bits per heavy atom. The van der Waals surface area contributed by atoms with E-state index in [2.05, 4.69) is 10.4 Å². The molecule has 0 saturated heterocycles. The number of aromatic hydroxyl groups is 1. The molecule has 2 rings (SSSR count). The molecule has 0 aliphatic heterocycles. The molecule has 19 heavy (non-hydrogen) atoms. The van der Waals surface area contributed by atoms with E-state index in [1.165, 1.54) is 10.9 Å². The molecule has 1 aromatic heterocycles. The summed E-state index contributed by atoms with van der Waals surface area (Å²) < 4.78 is 1.30. The zero-order valence-corrected chi connectivity index (χ0v) is 11.2. The summed E-state index contributed by atoms with van der Waals surface area (Å²) in [7, 11) is 0. The molecule has 1 aromatic carbocycles. The largest absolute Gasteiger partial charge is 0.508 e. The first-order chi connectivity index (χ1) is 9.11. The summed E-state index contributed by atoms with van der Waals surface area (Å²) in [5, 5.41) is 16.4. The lowest BCUT2D eigenvalue weighted by Gasteiger charge is -2.09. The van der Waals surface area contributed by atoms with Crippen LogP contribution in [0, 0.1) is 0 Å². The maximum absolute atomic E-state index is 11.8. The number of halogens is 1. The van der Waals surface area contributed by atoms with E-state index in [-0.39, 0.29) is 16.3 Å². The fraction of sp³-hybridized carbons (Fsp3) is 0.231. The average Bonchev–Trinajstić information content (AvgIpc) is 2.42. The fourth-order valence-electron chi connectivity index (χ4n) is 1.62. The van der Waals surface area contributed by atoms with Crippen LogP contribution in [0.4, 0.5) is 5.69 Å². The molecule has 0 saturated carbocycles. The first-order valence-electron chi connectivity index (χ1n) is 5.89. The van der Waals surface area contributed by atoms with Crippen LogP contribution < -0.4 is 10.9 Å². The summed E-state index contributed by atoms with van der Waals surface area (Å²) in [5.41, 5.74) is 1.16. The van der Waals surface area contributed by atoms with E-state index in [9.17, 15) is 9.90 Å². The lowest BCUT2D eigenvalue weighted by Crippen LogP contribution is -2.23. The predicted octanol–water partition coefficient (Wildman–Crippen LogP) is 2.23. The van der Waals surface area contributed by atoms with Crippen molar-refractivity contribution in [2.45, 2.75) is 20.0 Å². The average molecular weight is 280 g/mol. The van der Waals surface area contributed by atoms with Crippen LogP contribution in [0.5, 0.6) is 5.75 Å². The third kappa shape index (κ3) is 3.06. The molecule has 0 fully saturated rings. The minimum atomic E-state index is -0.306. The van der Waals surface area contributed by atoms with Crippen molar-refractivity contribution in [1.82, 2.24) is 9.78 Å². The summed E-state index contributed by atoms with van der Waals surface area (Å²) in [4.78, 5) is 11.8. The standard InChI is InChI=1S/C13H14ClN3O2/c1-2-17-13(19)12(14)11(8-16-17)15-7-9-3-5-10(18)6-4-9/h3-6,8,15,18H,2,7H2,1H3. The molecule has 0 bridgehead atoms. The van der Waals surface area contributed by atoms with Gasteiger partial charge in [-0.2, -0.15) is 5.10 Å². The highest BCUT2D eigenvalue weighted by Crippen LogP contribution is 2.17. The molecule has 0 spiro atoms. The van der Waals surface area contributed by atoms with Gasteiger partial charge in [0.25, 0.3) is 5.56 Å². The molecule has 2 N–H and O–H groups in total. The highest BCUT2D eigenvalue weighted by atomic mass is 35.5. The third-order valence-corrected chi connectivity index (χ3v) is 3.07. The van der Waals surface area contributed by atoms with Crippen molar-refractivity contribution < 1.29 is 5.11 Å². The zero-order valence-electron chi connectivity index (χ0n) is 10.4. The number of nitrogens with one attached hydrogen (secondary N) is 1. The van der Waals surface area contributed by atoms with Crippen molar-refractivity contribution >= 4 is 17.3 Å². The zero-order chi connectivity index (χ0) is 13.8. The minimum absolute atomic E-state index is 0.135. The molecule has 0 unspecified atom stereocenters. The van der Waals surface area contributed by atoms with E-state index in [1.54, 1.807) is 24.3 Å². The van der Waals surface area contributed by atoms with Gasteiger partial charge in [-0.1, -0.05) is 23.7 Å². The normalized spacial score (nSPS) is 10.4. The number of aromatic nitrogens is 2. The summed E-state index contributed by atoms with van der Waals surface area (Å²) in [6.07, 6.45) is 1.54. The molecular formula is C13H14ClN3O2. The third-order valence-electron chi connectivity index (χ3n) is 2.70. The maximum atomic E-state index is 11.8. The topological polar surface area (TPSA) is 67.2 Å². The lowest BCUT2D eigenvalue weighted by molar-refractivity contribution is 0.475. The van der Waals surface area contributed by atoms with Gasteiger partial charge >= 0.3 is 0 Å². The molecular weight excluding hydrogens is 266 g/mol. The van der Waals surface area contributed by atoms with E-state index in [0.29, 0.717) is 18.8 Å². The number of rotatable bonds is 4.